The molecule has 38 heavy (non-hydrogen) atoms. The Morgan fingerprint density at radius 3 is 2.74 bits per heavy atom. The molecule has 204 valence electrons. The van der Waals surface area contributed by atoms with Crippen molar-refractivity contribution in [2.24, 2.45) is 5.92 Å². The van der Waals surface area contributed by atoms with E-state index in [2.05, 4.69) is 41.5 Å². The zero-order chi connectivity index (χ0) is 27.3. The molecule has 1 saturated carbocycles. The van der Waals surface area contributed by atoms with Crippen LogP contribution >= 0.6 is 0 Å². The molecule has 1 fully saturated rings. The van der Waals surface area contributed by atoms with Crippen molar-refractivity contribution in [2.75, 3.05) is 20.3 Å². The Labute approximate surface area is 224 Å². The van der Waals surface area contributed by atoms with Crippen LogP contribution in [0.15, 0.2) is 30.5 Å². The fraction of sp³-hybridized carbons (Fsp3) is 0.533. The predicted octanol–water partition coefficient (Wildman–Crippen LogP) is 3.47. The van der Waals surface area contributed by atoms with Gasteiger partial charge in [-0.3, -0.25) is 4.79 Å². The molecule has 0 unspecified atom stereocenters. The lowest BCUT2D eigenvalue weighted by atomic mass is 9.73. The van der Waals surface area contributed by atoms with Crippen LogP contribution in [-0.4, -0.2) is 54.0 Å². The summed E-state index contributed by atoms with van der Waals surface area (Å²) in [5, 5.41) is 17.6. The van der Waals surface area contributed by atoms with E-state index in [4.69, 9.17) is 15.9 Å². The third-order valence-electron chi connectivity index (χ3n) is 7.35. The van der Waals surface area contributed by atoms with E-state index in [1.54, 1.807) is 6.07 Å². The second kappa shape index (κ2) is 12.2. The van der Waals surface area contributed by atoms with Gasteiger partial charge >= 0.3 is 0 Å². The number of aromatic nitrogens is 1. The number of halogens is 1. The fourth-order valence-corrected chi connectivity index (χ4v) is 5.39. The van der Waals surface area contributed by atoms with Gasteiger partial charge in [-0.2, -0.15) is 0 Å². The smallest absolute Gasteiger partial charge is 0.246 e. The summed E-state index contributed by atoms with van der Waals surface area (Å²) in [5.74, 6) is 2.78. The maximum atomic E-state index is 14.1. The summed E-state index contributed by atoms with van der Waals surface area (Å²) < 4.78 is 25.4. The Kier molecular flexibility index (Phi) is 9.03. The minimum Gasteiger partial charge on any atom is -0.471 e. The Morgan fingerprint density at radius 2 is 2.08 bits per heavy atom. The molecular formula is C30H38FN3O4. The van der Waals surface area contributed by atoms with E-state index < -0.39 is 18.0 Å². The second-order valence-electron chi connectivity index (χ2n) is 11.0. The number of aliphatic hydroxyl groups is 1. The maximum absolute atomic E-state index is 14.1. The van der Waals surface area contributed by atoms with E-state index >= 15 is 0 Å². The quantitative estimate of drug-likeness (QED) is 0.391. The van der Waals surface area contributed by atoms with Crippen LogP contribution in [0.3, 0.4) is 0 Å². The number of amides is 1. The van der Waals surface area contributed by atoms with E-state index in [0.717, 1.165) is 43.2 Å². The van der Waals surface area contributed by atoms with Gasteiger partial charge in [0.15, 0.2) is 0 Å². The lowest BCUT2D eigenvalue weighted by Crippen LogP contribution is -2.52. The van der Waals surface area contributed by atoms with Crippen LogP contribution in [-0.2, 0) is 22.4 Å². The fourth-order valence-electron chi connectivity index (χ4n) is 5.39. The van der Waals surface area contributed by atoms with Crippen LogP contribution in [0, 0.1) is 24.1 Å². The number of aliphatic hydroxyl groups excluding tert-OH is 1. The number of terminal acetylenes is 1. The number of pyridine rings is 1. The molecule has 1 spiro atoms. The van der Waals surface area contributed by atoms with Crippen LogP contribution in [0.5, 0.6) is 5.88 Å². The first-order valence-electron chi connectivity index (χ1n) is 13.3. The van der Waals surface area contributed by atoms with Crippen molar-refractivity contribution in [3.05, 3.63) is 58.5 Å². The minimum absolute atomic E-state index is 0.0501. The number of carbonyl (C=O) groups excluding carboxylic acids is 1. The van der Waals surface area contributed by atoms with Crippen molar-refractivity contribution in [2.45, 2.75) is 76.2 Å². The largest absolute Gasteiger partial charge is 0.471 e. The number of hydrogen-bond donors (Lipinski definition) is 3. The molecule has 7 nitrogen and oxygen atoms in total. The minimum atomic E-state index is -0.955. The number of benzene rings is 1. The van der Waals surface area contributed by atoms with E-state index in [1.165, 1.54) is 19.2 Å². The van der Waals surface area contributed by atoms with Gasteiger partial charge in [-0.05, 0) is 73.4 Å². The molecule has 0 bridgehead atoms. The first-order chi connectivity index (χ1) is 18.2. The van der Waals surface area contributed by atoms with Crippen LogP contribution < -0.4 is 15.4 Å². The van der Waals surface area contributed by atoms with Gasteiger partial charge in [0.1, 0.15) is 18.0 Å². The number of fused-ring (bicyclic) bond motifs is 1. The lowest BCUT2D eigenvalue weighted by molar-refractivity contribution is -0.126. The van der Waals surface area contributed by atoms with Crippen molar-refractivity contribution in [3.63, 3.8) is 0 Å². The molecule has 4 rings (SSSR count). The average molecular weight is 524 g/mol. The molecule has 1 aromatic heterocycles. The van der Waals surface area contributed by atoms with Gasteiger partial charge in [-0.15, -0.1) is 6.42 Å². The molecule has 1 aliphatic carbocycles. The summed E-state index contributed by atoms with van der Waals surface area (Å²) in [6.45, 7) is 4.42. The number of hydrogen-bond acceptors (Lipinski definition) is 6. The highest BCUT2D eigenvalue weighted by Gasteiger charge is 2.46. The third-order valence-corrected chi connectivity index (χ3v) is 7.35. The molecule has 0 radical (unpaired) electrons. The number of nitrogens with zero attached hydrogens (tertiary/aromatic N) is 1. The Hall–Kier alpha value is -2.99. The number of rotatable bonds is 11. The Bertz CT molecular complexity index is 1170. The van der Waals surface area contributed by atoms with Gasteiger partial charge < -0.3 is 25.2 Å². The van der Waals surface area contributed by atoms with Crippen LogP contribution in [0.25, 0.3) is 0 Å². The zero-order valence-corrected chi connectivity index (χ0v) is 22.4. The van der Waals surface area contributed by atoms with Gasteiger partial charge in [0, 0.05) is 43.4 Å². The van der Waals surface area contributed by atoms with Crippen molar-refractivity contribution in [1.82, 2.24) is 15.6 Å². The summed E-state index contributed by atoms with van der Waals surface area (Å²) in [5.41, 5.74) is 2.92. The molecule has 3 N–H and O–H groups in total. The normalized spacial score (nSPS) is 19.1. The highest BCUT2D eigenvalue weighted by Crippen LogP contribution is 2.48. The van der Waals surface area contributed by atoms with E-state index in [9.17, 15) is 14.3 Å². The molecule has 2 heterocycles. The van der Waals surface area contributed by atoms with E-state index in [-0.39, 0.29) is 37.1 Å². The number of methoxy groups -OCH3 is 1. The maximum Gasteiger partial charge on any atom is 0.246 e. The molecular weight excluding hydrogens is 485 g/mol. The third kappa shape index (κ3) is 6.90. The van der Waals surface area contributed by atoms with Crippen molar-refractivity contribution >= 4 is 5.91 Å². The summed E-state index contributed by atoms with van der Waals surface area (Å²) >= 11 is 0. The highest BCUT2D eigenvalue weighted by molar-refractivity contribution is 5.77. The first-order valence-corrected chi connectivity index (χ1v) is 13.3. The van der Waals surface area contributed by atoms with Gasteiger partial charge in [0.05, 0.1) is 12.1 Å². The van der Waals surface area contributed by atoms with E-state index in [0.29, 0.717) is 22.9 Å². The van der Waals surface area contributed by atoms with Gasteiger partial charge in [-0.1, -0.05) is 19.8 Å². The average Bonchev–Trinajstić information content (AvgIpc) is 2.85. The van der Waals surface area contributed by atoms with Gasteiger partial charge in [0.25, 0.3) is 0 Å². The standard InChI is InChI=1S/C30H38FN3O4/c1-5-20-10-21(12-23(31)11-20)14-25(34-28(36)18-37-4)27(35)17-32-26-15-30(7-6-8-30)38-29-24(26)13-22(16-33-29)9-19(2)3/h1,10-13,16,19,25-27,32,35H,6-9,14-15,17-18H2,2-4H3,(H,34,36)/t25-,26-,27-/m0/s1. The molecule has 0 saturated heterocycles. The molecule has 1 amide bonds. The Balaban J connectivity index is 1.52. The molecule has 8 heteroatoms. The highest BCUT2D eigenvalue weighted by atomic mass is 19.1. The number of carbonyl (C=O) groups is 1. The monoisotopic (exact) mass is 523 g/mol. The van der Waals surface area contributed by atoms with Crippen LogP contribution in [0.2, 0.25) is 0 Å². The second-order valence-corrected chi connectivity index (χ2v) is 11.0. The van der Waals surface area contributed by atoms with Crippen molar-refractivity contribution < 1.29 is 23.8 Å². The molecule has 2 aliphatic rings. The molecule has 2 aromatic rings. The summed E-state index contributed by atoms with van der Waals surface area (Å²) in [7, 11) is 1.43. The number of nitrogens with one attached hydrogen (secondary N) is 2. The van der Waals surface area contributed by atoms with Crippen molar-refractivity contribution in [1.29, 1.82) is 0 Å². The molecule has 1 aromatic carbocycles. The van der Waals surface area contributed by atoms with E-state index in [1.807, 2.05) is 6.20 Å². The topological polar surface area (TPSA) is 92.7 Å². The SMILES string of the molecule is C#Cc1cc(F)cc(C[C@H](NC(=O)COC)[C@@H](O)CN[C@H]2CC3(CCC3)Oc3ncc(CC(C)C)cc32)c1. The summed E-state index contributed by atoms with van der Waals surface area (Å²) in [4.78, 5) is 17.0. The van der Waals surface area contributed by atoms with Gasteiger partial charge in [0.2, 0.25) is 11.8 Å². The van der Waals surface area contributed by atoms with Crippen LogP contribution in [0.4, 0.5) is 4.39 Å². The zero-order valence-electron chi connectivity index (χ0n) is 22.4. The van der Waals surface area contributed by atoms with Crippen LogP contribution in [0.1, 0.15) is 67.8 Å². The Morgan fingerprint density at radius 1 is 1.29 bits per heavy atom. The summed E-state index contributed by atoms with van der Waals surface area (Å²) in [6, 6.07) is 5.76. The molecule has 1 aliphatic heterocycles. The van der Waals surface area contributed by atoms with Crippen molar-refractivity contribution in [3.8, 4) is 18.2 Å². The van der Waals surface area contributed by atoms with Gasteiger partial charge in [-0.25, -0.2) is 9.37 Å². The predicted molar refractivity (Wildman–Crippen MR) is 143 cm³/mol. The lowest BCUT2D eigenvalue weighted by Gasteiger charge is -2.47. The molecule has 3 atom stereocenters. The summed E-state index contributed by atoms with van der Waals surface area (Å²) in [6.07, 6.45) is 11.4. The number of ether oxygens (including phenoxy) is 2. The first kappa shape index (κ1) is 28.0.